The Morgan fingerprint density at radius 2 is 0.820 bits per heavy atom. The van der Waals surface area contributed by atoms with Crippen LogP contribution < -0.4 is 0 Å². The summed E-state index contributed by atoms with van der Waals surface area (Å²) >= 11 is 0. The van der Waals surface area contributed by atoms with Gasteiger partial charge < -0.3 is 4.42 Å². The monoisotopic (exact) mass is 777 g/mol. The van der Waals surface area contributed by atoms with E-state index >= 15 is 0 Å². The molecule has 10 aromatic carbocycles. The third kappa shape index (κ3) is 5.96. The number of aromatic nitrogens is 3. The lowest BCUT2D eigenvalue weighted by Gasteiger charge is -2.15. The second kappa shape index (κ2) is 14.3. The van der Waals surface area contributed by atoms with Gasteiger partial charge in [-0.3, -0.25) is 0 Å². The Bertz CT molecular complexity index is 3630. The van der Waals surface area contributed by atoms with E-state index in [0.717, 1.165) is 66.4 Å². The largest absolute Gasteiger partial charge is 0.456 e. The van der Waals surface area contributed by atoms with E-state index in [2.05, 4.69) is 188 Å². The molecule has 0 aliphatic carbocycles. The minimum absolute atomic E-state index is 0.601. The van der Waals surface area contributed by atoms with Crippen molar-refractivity contribution in [2.45, 2.75) is 0 Å². The fourth-order valence-electron chi connectivity index (χ4n) is 9.03. The van der Waals surface area contributed by atoms with Gasteiger partial charge in [0.1, 0.15) is 11.2 Å². The number of furan rings is 1. The van der Waals surface area contributed by atoms with Crippen LogP contribution in [0.2, 0.25) is 0 Å². The maximum Gasteiger partial charge on any atom is 0.164 e. The molecule has 61 heavy (non-hydrogen) atoms. The lowest BCUT2D eigenvalue weighted by Crippen LogP contribution is -2.01. The molecule has 0 radical (unpaired) electrons. The lowest BCUT2D eigenvalue weighted by molar-refractivity contribution is 0.669. The summed E-state index contributed by atoms with van der Waals surface area (Å²) in [7, 11) is 0. The highest BCUT2D eigenvalue weighted by Gasteiger charge is 2.20. The van der Waals surface area contributed by atoms with Crippen LogP contribution in [-0.2, 0) is 0 Å². The summed E-state index contributed by atoms with van der Waals surface area (Å²) in [5, 5.41) is 9.55. The Labute approximate surface area is 352 Å². The molecule has 12 rings (SSSR count). The van der Waals surface area contributed by atoms with Gasteiger partial charge in [-0.1, -0.05) is 194 Å². The topological polar surface area (TPSA) is 51.8 Å². The Hall–Kier alpha value is -8.21. The van der Waals surface area contributed by atoms with Crippen molar-refractivity contribution in [2.24, 2.45) is 0 Å². The highest BCUT2D eigenvalue weighted by atomic mass is 16.3. The first-order valence-corrected chi connectivity index (χ1v) is 20.6. The molecule has 0 saturated heterocycles. The minimum atomic E-state index is 0.601. The molecule has 0 unspecified atom stereocenters. The molecular formula is C57H35N3O. The number of hydrogen-bond acceptors (Lipinski definition) is 4. The maximum absolute atomic E-state index is 6.32. The lowest BCUT2D eigenvalue weighted by atomic mass is 9.89. The first kappa shape index (κ1) is 34.8. The summed E-state index contributed by atoms with van der Waals surface area (Å²) < 4.78 is 6.32. The van der Waals surface area contributed by atoms with Crippen molar-refractivity contribution in [3.63, 3.8) is 0 Å². The minimum Gasteiger partial charge on any atom is -0.456 e. The molecule has 4 nitrogen and oxygen atoms in total. The molecule has 0 amide bonds. The van der Waals surface area contributed by atoms with Crippen LogP contribution in [0.15, 0.2) is 217 Å². The van der Waals surface area contributed by atoms with Crippen molar-refractivity contribution >= 4 is 54.3 Å². The zero-order valence-electron chi connectivity index (χ0n) is 33.0. The van der Waals surface area contributed by atoms with E-state index < -0.39 is 0 Å². The van der Waals surface area contributed by atoms with Crippen molar-refractivity contribution in [3.05, 3.63) is 212 Å². The zero-order chi connectivity index (χ0) is 40.3. The number of nitrogens with zero attached hydrogens (tertiary/aromatic N) is 3. The quantitative estimate of drug-likeness (QED) is 0.125. The highest BCUT2D eigenvalue weighted by Crippen LogP contribution is 2.42. The molecule has 0 N–H and O–H groups in total. The van der Waals surface area contributed by atoms with Crippen molar-refractivity contribution in [2.75, 3.05) is 0 Å². The molecule has 284 valence electrons. The van der Waals surface area contributed by atoms with E-state index in [4.69, 9.17) is 19.4 Å². The second-order valence-corrected chi connectivity index (χ2v) is 15.5. The predicted octanol–water partition coefficient (Wildman–Crippen LogP) is 15.2. The van der Waals surface area contributed by atoms with Gasteiger partial charge in [0.15, 0.2) is 17.5 Å². The van der Waals surface area contributed by atoms with Gasteiger partial charge in [0.25, 0.3) is 0 Å². The average Bonchev–Trinajstić information content (AvgIpc) is 3.73. The first-order chi connectivity index (χ1) is 30.2. The van der Waals surface area contributed by atoms with Gasteiger partial charge in [0, 0.05) is 27.5 Å². The molecule has 0 atom stereocenters. The van der Waals surface area contributed by atoms with E-state index in [-0.39, 0.29) is 0 Å². The Balaban J connectivity index is 1.03. The summed E-state index contributed by atoms with van der Waals surface area (Å²) in [6.07, 6.45) is 0. The zero-order valence-corrected chi connectivity index (χ0v) is 33.0. The van der Waals surface area contributed by atoms with Gasteiger partial charge in [-0.15, -0.1) is 0 Å². The molecule has 0 aliphatic heterocycles. The fraction of sp³-hybridized carbons (Fsp3) is 0. The van der Waals surface area contributed by atoms with Crippen LogP contribution in [0, 0.1) is 0 Å². The van der Waals surface area contributed by atoms with Gasteiger partial charge in [-0.05, 0) is 83.9 Å². The molecule has 12 aromatic rings. The van der Waals surface area contributed by atoms with Crippen LogP contribution in [0.1, 0.15) is 0 Å². The molecule has 0 aliphatic rings. The van der Waals surface area contributed by atoms with Gasteiger partial charge in [-0.2, -0.15) is 0 Å². The summed E-state index contributed by atoms with van der Waals surface area (Å²) in [4.78, 5) is 15.7. The van der Waals surface area contributed by atoms with Crippen LogP contribution >= 0.6 is 0 Å². The molecule has 2 aromatic heterocycles. The molecule has 4 heteroatoms. The van der Waals surface area contributed by atoms with E-state index in [9.17, 15) is 0 Å². The Morgan fingerprint density at radius 1 is 0.279 bits per heavy atom. The summed E-state index contributed by atoms with van der Waals surface area (Å²) in [6, 6.07) is 74.6. The second-order valence-electron chi connectivity index (χ2n) is 15.5. The number of benzene rings is 10. The first-order valence-electron chi connectivity index (χ1n) is 20.6. The van der Waals surface area contributed by atoms with Crippen LogP contribution in [-0.4, -0.2) is 15.0 Å². The van der Waals surface area contributed by atoms with Crippen LogP contribution in [0.3, 0.4) is 0 Å². The van der Waals surface area contributed by atoms with E-state index in [0.29, 0.717) is 17.5 Å². The van der Waals surface area contributed by atoms with Crippen molar-refractivity contribution in [1.29, 1.82) is 0 Å². The van der Waals surface area contributed by atoms with Crippen LogP contribution in [0.5, 0.6) is 0 Å². The van der Waals surface area contributed by atoms with E-state index in [1.54, 1.807) is 0 Å². The smallest absolute Gasteiger partial charge is 0.164 e. The third-order valence-electron chi connectivity index (χ3n) is 11.9. The molecule has 0 bridgehead atoms. The van der Waals surface area contributed by atoms with Crippen LogP contribution in [0.4, 0.5) is 0 Å². The summed E-state index contributed by atoms with van der Waals surface area (Å²) in [5.74, 6) is 1.81. The standard InChI is InChI=1S/C57H35N3O/c1-2-13-36(14-3-1)37-25-29-40(30-26-37)55-58-56(60-57(59-55)48-20-9-8-19-45(48)46-22-12-24-52-54(46)49-21-10-11-23-51(49)61-52)41-31-27-39(28-32-41)53-44-18-7-5-16-42(44)35-50-43-17-6-4-15-38(43)33-34-47(50)53/h1-35H. The summed E-state index contributed by atoms with van der Waals surface area (Å²) in [6.45, 7) is 0. The van der Waals surface area contributed by atoms with Crippen molar-refractivity contribution in [3.8, 4) is 67.5 Å². The molecule has 0 spiro atoms. The molecular weight excluding hydrogens is 743 g/mol. The van der Waals surface area contributed by atoms with Gasteiger partial charge in [0.2, 0.25) is 0 Å². The number of hydrogen-bond donors (Lipinski definition) is 0. The number of rotatable bonds is 6. The van der Waals surface area contributed by atoms with E-state index in [1.165, 1.54) is 37.9 Å². The Kier molecular flexibility index (Phi) is 8.13. The summed E-state index contributed by atoms with van der Waals surface area (Å²) in [5.41, 5.74) is 11.2. The third-order valence-corrected chi connectivity index (χ3v) is 11.9. The van der Waals surface area contributed by atoms with Crippen LogP contribution in [0.25, 0.3) is 122 Å². The molecule has 0 saturated carbocycles. The average molecular weight is 778 g/mol. The SMILES string of the molecule is c1ccc(-c2ccc(-c3nc(-c4ccc(-c5c6ccccc6cc6c5ccc5ccccc56)cc4)nc(-c4ccccc4-c4cccc5oc6ccccc6c45)n3)cc2)cc1. The van der Waals surface area contributed by atoms with Crippen molar-refractivity contribution in [1.82, 2.24) is 15.0 Å². The normalized spacial score (nSPS) is 11.6. The predicted molar refractivity (Wildman–Crippen MR) is 252 cm³/mol. The van der Waals surface area contributed by atoms with Gasteiger partial charge in [0.05, 0.1) is 0 Å². The fourth-order valence-corrected chi connectivity index (χ4v) is 9.03. The van der Waals surface area contributed by atoms with E-state index in [1.807, 2.05) is 24.3 Å². The molecule has 0 fully saturated rings. The van der Waals surface area contributed by atoms with Crippen molar-refractivity contribution < 1.29 is 4.42 Å². The number of fused-ring (bicyclic) bond motifs is 7. The maximum atomic E-state index is 6.32. The highest BCUT2D eigenvalue weighted by molar-refractivity contribution is 6.20. The van der Waals surface area contributed by atoms with Gasteiger partial charge >= 0.3 is 0 Å². The van der Waals surface area contributed by atoms with Gasteiger partial charge in [-0.25, -0.2) is 15.0 Å². The Morgan fingerprint density at radius 3 is 1.59 bits per heavy atom. The molecule has 2 heterocycles. The number of para-hydroxylation sites is 1.